The third-order valence-corrected chi connectivity index (χ3v) is 0. The normalized spacial score (nSPS) is 11.2. The molecule has 0 heterocycles. The molecule has 0 aliphatic heterocycles. The first-order valence-corrected chi connectivity index (χ1v) is 5.25. The Hall–Kier alpha value is 0.620. The van der Waals surface area contributed by atoms with Crippen molar-refractivity contribution in [2.75, 3.05) is 0 Å². The summed E-state index contributed by atoms with van der Waals surface area (Å²) in [6, 6.07) is 0. The van der Waals surface area contributed by atoms with Crippen LogP contribution in [0, 0.1) is 0 Å². The third-order valence-electron chi connectivity index (χ3n) is 0. The van der Waals surface area contributed by atoms with E-state index in [1.54, 1.807) is 0 Å². The molecule has 0 rings (SSSR count). The number of rotatable bonds is 0. The maximum Gasteiger partial charge on any atom is 0 e. The van der Waals surface area contributed by atoms with Gasteiger partial charge in [0.25, 0.3) is 0 Å². The van der Waals surface area contributed by atoms with Crippen molar-refractivity contribution in [2.45, 2.75) is 78.9 Å². The van der Waals surface area contributed by atoms with Gasteiger partial charge in [0.1, 0.15) is 0 Å². The molecule has 0 aliphatic rings. The van der Waals surface area contributed by atoms with E-state index in [-0.39, 0.29) is 39.0 Å². The van der Waals surface area contributed by atoms with Gasteiger partial charge in [-0.15, -0.1) is 16.6 Å². The molecule has 0 aromatic carbocycles. The van der Waals surface area contributed by atoms with Gasteiger partial charge in [-0.25, -0.2) is 0 Å². The van der Waals surface area contributed by atoms with Gasteiger partial charge >= 0.3 is 0 Å². The molecule has 101 valence electrons. The monoisotopic (exact) mass is 397 g/mol. The molecule has 0 spiro atoms. The van der Waals surface area contributed by atoms with Crippen molar-refractivity contribution >= 4 is 0 Å². The second kappa shape index (κ2) is 9.63. The quantitative estimate of drug-likeness (QED) is 0.517. The van der Waals surface area contributed by atoms with Crippen molar-refractivity contribution in [2.24, 2.45) is 0 Å². The number of hydrogen-bond donors (Lipinski definition) is 0. The molecule has 0 bridgehead atoms. The first-order valence-electron chi connectivity index (χ1n) is 5.25. The number of hydrogen-bond acceptors (Lipinski definition) is 0. The van der Waals surface area contributed by atoms with E-state index in [9.17, 15) is 0 Å². The summed E-state index contributed by atoms with van der Waals surface area (Å²) in [5.74, 6) is 0. The van der Waals surface area contributed by atoms with Gasteiger partial charge in [-0.05, 0) is 0 Å². The molecule has 0 aromatic rings. The van der Waals surface area contributed by atoms with Crippen LogP contribution in [0.15, 0.2) is 0 Å². The van der Waals surface area contributed by atoms with Crippen molar-refractivity contribution in [1.82, 2.24) is 0 Å². The smallest absolute Gasteiger partial charge is 0 e. The Labute approximate surface area is 118 Å². The fourth-order valence-corrected chi connectivity index (χ4v) is 0. The van der Waals surface area contributed by atoms with Crippen LogP contribution in [0.4, 0.5) is 0 Å². The van der Waals surface area contributed by atoms with Gasteiger partial charge in [-0.1, -0.05) is 62.3 Å². The average Bonchev–Trinajstić information content (AvgIpc) is 1.41. The molecule has 0 amide bonds. The summed E-state index contributed by atoms with van der Waals surface area (Å²) in [5.41, 5.74) is 20.1. The van der Waals surface area contributed by atoms with E-state index in [1.807, 2.05) is 62.3 Å². The van der Waals surface area contributed by atoms with E-state index in [2.05, 4.69) is 0 Å². The van der Waals surface area contributed by atoms with E-state index in [0.717, 1.165) is 0 Å². The Balaban J connectivity index is -0.0000000655. The second-order valence-electron chi connectivity index (χ2n) is 6.75. The zero-order chi connectivity index (χ0) is 13.5. The van der Waals surface area contributed by atoms with Crippen LogP contribution in [-0.4, -0.2) is 16.6 Å². The Morgan fingerprint density at radius 3 is 0.438 bits per heavy atom. The van der Waals surface area contributed by atoms with Gasteiger partial charge in [0, 0.05) is 22.4 Å². The molecule has 0 aromatic heterocycles. The predicted molar refractivity (Wildman–Crippen MR) is 72.2 cm³/mol. The van der Waals surface area contributed by atoms with Crippen LogP contribution in [0.25, 0.3) is 17.2 Å². The van der Waals surface area contributed by atoms with Crippen molar-refractivity contribution in [1.29, 1.82) is 0 Å². The van der Waals surface area contributed by atoms with Crippen LogP contribution in [0.5, 0.6) is 0 Å². The maximum absolute atomic E-state index is 6.94. The summed E-state index contributed by atoms with van der Waals surface area (Å²) >= 11 is 0. The van der Waals surface area contributed by atoms with Crippen LogP contribution in [-0.2, 0) is 22.4 Å². The summed E-state index contributed by atoms with van der Waals surface area (Å²) in [4.78, 5) is 0. The first-order chi connectivity index (χ1) is 6.00. The fraction of sp³-hybridized carbons (Fsp3) is 1.00. The maximum atomic E-state index is 6.94. The molecule has 0 saturated carbocycles. The summed E-state index contributed by atoms with van der Waals surface area (Å²) < 4.78 is 0. The molecular weight excluding hydrogens is 367 g/mol. The van der Waals surface area contributed by atoms with E-state index in [0.29, 0.717) is 0 Å². The van der Waals surface area contributed by atoms with Crippen LogP contribution < -0.4 is 0 Å². The zero-order valence-corrected chi connectivity index (χ0v) is 15.7. The minimum atomic E-state index is -0.250. The minimum absolute atomic E-state index is 0. The molecule has 0 saturated heterocycles. The molecule has 0 atom stereocenters. The van der Waals surface area contributed by atoms with Gasteiger partial charge in [0.2, 0.25) is 0 Å². The molecule has 16 heavy (non-hydrogen) atoms. The molecular formula is C12H30N3Ta-3. The Kier molecular flexibility index (Phi) is 15.3. The van der Waals surface area contributed by atoms with Gasteiger partial charge in [0.05, 0.1) is 0 Å². The second-order valence-corrected chi connectivity index (χ2v) is 6.75. The summed E-state index contributed by atoms with van der Waals surface area (Å²) in [6.07, 6.45) is 0. The van der Waals surface area contributed by atoms with Gasteiger partial charge < -0.3 is 17.2 Å². The molecule has 4 heteroatoms. The molecule has 0 aliphatic carbocycles. The van der Waals surface area contributed by atoms with Crippen LogP contribution in [0.3, 0.4) is 0 Å². The molecule has 0 fully saturated rings. The largest absolute Gasteiger partial charge is 0.673 e. The van der Waals surface area contributed by atoms with Gasteiger partial charge in [-0.3, -0.25) is 0 Å². The summed E-state index contributed by atoms with van der Waals surface area (Å²) in [7, 11) is 0. The molecule has 3 N–H and O–H groups in total. The molecule has 1 radical (unpaired) electrons. The minimum Gasteiger partial charge on any atom is -0.673 e. The van der Waals surface area contributed by atoms with Crippen molar-refractivity contribution in [3.05, 3.63) is 17.2 Å². The molecule has 3 nitrogen and oxygen atoms in total. The Morgan fingerprint density at radius 2 is 0.438 bits per heavy atom. The number of nitrogens with one attached hydrogen (secondary N) is 3. The van der Waals surface area contributed by atoms with Crippen molar-refractivity contribution < 1.29 is 22.4 Å². The van der Waals surface area contributed by atoms with E-state index < -0.39 is 0 Å². The Morgan fingerprint density at radius 1 is 0.438 bits per heavy atom. The molecule has 0 unspecified atom stereocenters. The summed E-state index contributed by atoms with van der Waals surface area (Å²) in [5, 5.41) is 0. The van der Waals surface area contributed by atoms with E-state index in [4.69, 9.17) is 17.2 Å². The van der Waals surface area contributed by atoms with Gasteiger partial charge in [-0.2, -0.15) is 0 Å². The van der Waals surface area contributed by atoms with E-state index in [1.165, 1.54) is 0 Å². The predicted octanol–water partition coefficient (Wildman–Crippen LogP) is 5.51. The van der Waals surface area contributed by atoms with E-state index >= 15 is 0 Å². The first kappa shape index (κ1) is 25.5. The van der Waals surface area contributed by atoms with Crippen LogP contribution >= 0.6 is 0 Å². The Bertz CT molecular complexity index is 91.3. The van der Waals surface area contributed by atoms with Crippen LogP contribution in [0.1, 0.15) is 62.3 Å². The standard InChI is InChI=1S/3C4H10N.Ta/c3*1-4(2,3)5;/h3*5H,1-3H3;/q3*-1;. The topological polar surface area (TPSA) is 71.4 Å². The van der Waals surface area contributed by atoms with Crippen molar-refractivity contribution in [3.8, 4) is 0 Å². The van der Waals surface area contributed by atoms with Gasteiger partial charge in [0.15, 0.2) is 0 Å². The fourth-order valence-electron chi connectivity index (χ4n) is 0. The van der Waals surface area contributed by atoms with Crippen LogP contribution in [0.2, 0.25) is 0 Å². The zero-order valence-electron chi connectivity index (χ0n) is 12.4. The SMILES string of the molecule is CC(C)(C)[NH-].CC(C)(C)[NH-].CC(C)(C)[NH-].[Ta]. The third kappa shape index (κ3) is 7050. The van der Waals surface area contributed by atoms with Crippen molar-refractivity contribution in [3.63, 3.8) is 0 Å². The summed E-state index contributed by atoms with van der Waals surface area (Å²) in [6.45, 7) is 16.7. The average molecular weight is 397 g/mol.